The second-order valence-corrected chi connectivity index (χ2v) is 3.08. The van der Waals surface area contributed by atoms with Crippen molar-refractivity contribution in [2.45, 2.75) is 26.2 Å². The van der Waals surface area contributed by atoms with Crippen molar-refractivity contribution in [1.29, 1.82) is 0 Å². The third-order valence-corrected chi connectivity index (χ3v) is 1.66. The van der Waals surface area contributed by atoms with Gasteiger partial charge in [-0.1, -0.05) is 6.08 Å². The zero-order chi connectivity index (χ0) is 13.7. The minimum absolute atomic E-state index is 0.0272. The number of methoxy groups -OCH3 is 1. The van der Waals surface area contributed by atoms with Gasteiger partial charge in [0.05, 0.1) is 19.5 Å². The molecule has 0 bridgehead atoms. The monoisotopic (exact) mass is 247 g/mol. The van der Waals surface area contributed by atoms with E-state index in [0.717, 1.165) is 0 Å². The molecule has 0 aliphatic heterocycles. The van der Waals surface area contributed by atoms with Gasteiger partial charge in [0.15, 0.2) is 0 Å². The summed E-state index contributed by atoms with van der Waals surface area (Å²) < 4.78 is 17.4. The van der Waals surface area contributed by atoms with Crippen LogP contribution in [0.4, 0.5) is 4.39 Å². The first-order valence-corrected chi connectivity index (χ1v) is 5.32. The number of rotatable bonds is 6. The van der Waals surface area contributed by atoms with E-state index in [2.05, 4.69) is 15.5 Å². The highest BCUT2D eigenvalue weighted by molar-refractivity contribution is 5.77. The molecule has 0 aromatic rings. The summed E-state index contributed by atoms with van der Waals surface area (Å²) in [6.07, 6.45) is 2.79. The van der Waals surface area contributed by atoms with E-state index in [0.29, 0.717) is 25.1 Å². The largest absolute Gasteiger partial charge is 0.469 e. The number of unbranched alkanes of at least 4 members (excludes halogenated alkanes) is 1. The van der Waals surface area contributed by atoms with Crippen molar-refractivity contribution in [3.8, 4) is 0 Å². The molecule has 0 heterocycles. The third kappa shape index (κ3) is 14.6. The molecular formula is C11H22FN3O2. The predicted molar refractivity (Wildman–Crippen MR) is 67.3 cm³/mol. The lowest BCUT2D eigenvalue weighted by molar-refractivity contribution is -0.140. The third-order valence-electron chi connectivity index (χ3n) is 1.66. The standard InChI is InChI=1S/C10H17FN2O2.CH5N/c1-8(12)13-7-9(11)5-3-4-6-10(14)15-2;1-2/h5H,3-4,6-7H2,1-2H3,(H2,12,13);2H2,1H3/b9-5+;. The van der Waals surface area contributed by atoms with Crippen LogP contribution in [0, 0.1) is 0 Å². The summed E-state index contributed by atoms with van der Waals surface area (Å²) in [6, 6.07) is 0. The Morgan fingerprint density at radius 1 is 1.47 bits per heavy atom. The number of carbonyl (C=O) groups excluding carboxylic acids is 1. The van der Waals surface area contributed by atoms with Gasteiger partial charge < -0.3 is 16.2 Å². The lowest BCUT2D eigenvalue weighted by Gasteiger charge is -1.96. The number of amidine groups is 1. The Bertz CT molecular complexity index is 261. The molecule has 17 heavy (non-hydrogen) atoms. The smallest absolute Gasteiger partial charge is 0.305 e. The highest BCUT2D eigenvalue weighted by Crippen LogP contribution is 2.04. The number of nitrogens with two attached hydrogens (primary N) is 2. The van der Waals surface area contributed by atoms with E-state index in [-0.39, 0.29) is 18.3 Å². The molecule has 0 aromatic carbocycles. The van der Waals surface area contributed by atoms with Crippen LogP contribution in [0.3, 0.4) is 0 Å². The summed E-state index contributed by atoms with van der Waals surface area (Å²) in [4.78, 5) is 14.4. The molecule has 6 heteroatoms. The second-order valence-electron chi connectivity index (χ2n) is 3.08. The predicted octanol–water partition coefficient (Wildman–Crippen LogP) is 1.14. The number of ether oxygens (including phenoxy) is 1. The van der Waals surface area contributed by atoms with Crippen LogP contribution in [0.5, 0.6) is 0 Å². The minimum atomic E-state index is -0.329. The summed E-state index contributed by atoms with van der Waals surface area (Å²) in [6.45, 7) is 1.57. The molecule has 0 rings (SSSR count). The quantitative estimate of drug-likeness (QED) is 0.318. The molecule has 0 atom stereocenters. The van der Waals surface area contributed by atoms with Gasteiger partial charge >= 0.3 is 5.97 Å². The van der Waals surface area contributed by atoms with Gasteiger partial charge in [0.2, 0.25) is 0 Å². The number of aliphatic imine (C=N–C) groups is 1. The summed E-state index contributed by atoms with van der Waals surface area (Å²) in [7, 11) is 2.83. The molecule has 0 unspecified atom stereocenters. The van der Waals surface area contributed by atoms with Crippen LogP contribution >= 0.6 is 0 Å². The number of esters is 1. The molecule has 0 saturated heterocycles. The molecule has 100 valence electrons. The van der Waals surface area contributed by atoms with Crippen LogP contribution < -0.4 is 11.5 Å². The molecule has 0 aromatic heterocycles. The van der Waals surface area contributed by atoms with Crippen molar-refractivity contribution < 1.29 is 13.9 Å². The van der Waals surface area contributed by atoms with Crippen molar-refractivity contribution in [2.75, 3.05) is 20.7 Å². The van der Waals surface area contributed by atoms with Gasteiger partial charge in [-0.25, -0.2) is 4.39 Å². The lowest BCUT2D eigenvalue weighted by Crippen LogP contribution is -2.06. The van der Waals surface area contributed by atoms with Crippen molar-refractivity contribution >= 4 is 11.8 Å². The molecule has 4 N–H and O–H groups in total. The fourth-order valence-corrected chi connectivity index (χ4v) is 0.872. The molecule has 0 amide bonds. The SMILES string of the molecule is CN.COC(=O)CCC/C=C(/F)CN=C(C)N. The van der Waals surface area contributed by atoms with E-state index >= 15 is 0 Å². The Balaban J connectivity index is 0. The van der Waals surface area contributed by atoms with E-state index in [1.807, 2.05) is 0 Å². The van der Waals surface area contributed by atoms with E-state index < -0.39 is 0 Å². The highest BCUT2D eigenvalue weighted by atomic mass is 19.1. The van der Waals surface area contributed by atoms with Crippen molar-refractivity contribution in [1.82, 2.24) is 0 Å². The van der Waals surface area contributed by atoms with Crippen molar-refractivity contribution in [3.63, 3.8) is 0 Å². The van der Waals surface area contributed by atoms with Crippen molar-refractivity contribution in [2.24, 2.45) is 16.5 Å². The Morgan fingerprint density at radius 3 is 2.53 bits per heavy atom. The van der Waals surface area contributed by atoms with Crippen LogP contribution in [-0.2, 0) is 9.53 Å². The molecule has 0 aliphatic rings. The van der Waals surface area contributed by atoms with Crippen LogP contribution in [0.2, 0.25) is 0 Å². The highest BCUT2D eigenvalue weighted by Gasteiger charge is 1.98. The maximum Gasteiger partial charge on any atom is 0.305 e. The van der Waals surface area contributed by atoms with E-state index in [1.54, 1.807) is 6.92 Å². The van der Waals surface area contributed by atoms with Gasteiger partial charge in [0.1, 0.15) is 5.83 Å². The summed E-state index contributed by atoms with van der Waals surface area (Å²) in [5.74, 6) is -0.252. The average Bonchev–Trinajstić information content (AvgIpc) is 2.34. The van der Waals surface area contributed by atoms with Crippen LogP contribution in [-0.4, -0.2) is 32.5 Å². The fourth-order valence-electron chi connectivity index (χ4n) is 0.872. The second kappa shape index (κ2) is 12.6. The molecular weight excluding hydrogens is 225 g/mol. The Kier molecular flexibility index (Phi) is 13.3. The van der Waals surface area contributed by atoms with E-state index in [1.165, 1.54) is 20.2 Å². The first kappa shape index (κ1) is 17.9. The molecule has 0 aliphatic carbocycles. The number of hydrogen-bond donors (Lipinski definition) is 2. The zero-order valence-electron chi connectivity index (χ0n) is 10.7. The normalized spacial score (nSPS) is 11.6. The summed E-state index contributed by atoms with van der Waals surface area (Å²) in [5, 5.41) is 0. The lowest BCUT2D eigenvalue weighted by atomic mass is 10.2. The topological polar surface area (TPSA) is 90.7 Å². The maximum atomic E-state index is 13.0. The van der Waals surface area contributed by atoms with Gasteiger partial charge in [0.25, 0.3) is 0 Å². The summed E-state index contributed by atoms with van der Waals surface area (Å²) in [5.41, 5.74) is 9.75. The molecule has 0 fully saturated rings. The Morgan fingerprint density at radius 2 is 2.06 bits per heavy atom. The average molecular weight is 247 g/mol. The molecule has 0 radical (unpaired) electrons. The summed E-state index contributed by atoms with van der Waals surface area (Å²) >= 11 is 0. The number of allylic oxidation sites excluding steroid dienone is 1. The first-order chi connectivity index (χ1) is 8.06. The van der Waals surface area contributed by atoms with Crippen LogP contribution in [0.15, 0.2) is 16.9 Å². The zero-order valence-corrected chi connectivity index (χ0v) is 10.7. The number of nitrogens with zero attached hydrogens (tertiary/aromatic N) is 1. The molecule has 5 nitrogen and oxygen atoms in total. The van der Waals surface area contributed by atoms with Gasteiger partial charge in [-0.2, -0.15) is 0 Å². The number of hydrogen-bond acceptors (Lipinski definition) is 4. The van der Waals surface area contributed by atoms with Crippen molar-refractivity contribution in [3.05, 3.63) is 11.9 Å². The molecule has 0 spiro atoms. The molecule has 0 saturated carbocycles. The first-order valence-electron chi connectivity index (χ1n) is 5.32. The van der Waals surface area contributed by atoms with Crippen LogP contribution in [0.25, 0.3) is 0 Å². The minimum Gasteiger partial charge on any atom is -0.469 e. The van der Waals surface area contributed by atoms with Gasteiger partial charge in [0, 0.05) is 6.42 Å². The number of carbonyl (C=O) groups is 1. The number of halogens is 1. The Hall–Kier alpha value is -1.43. The van der Waals surface area contributed by atoms with Crippen LogP contribution in [0.1, 0.15) is 26.2 Å². The Labute approximate surface area is 102 Å². The maximum absolute atomic E-state index is 13.0. The fraction of sp³-hybridized carbons (Fsp3) is 0.636. The van der Waals surface area contributed by atoms with E-state index in [4.69, 9.17) is 5.73 Å². The van der Waals surface area contributed by atoms with E-state index in [9.17, 15) is 9.18 Å². The van der Waals surface area contributed by atoms with Gasteiger partial charge in [-0.15, -0.1) is 0 Å². The van der Waals surface area contributed by atoms with Gasteiger partial charge in [-0.05, 0) is 26.8 Å². The van der Waals surface area contributed by atoms with Gasteiger partial charge in [-0.3, -0.25) is 9.79 Å².